The lowest BCUT2D eigenvalue weighted by atomic mass is 9.91. The Morgan fingerprint density at radius 3 is 2.74 bits per heavy atom. The summed E-state index contributed by atoms with van der Waals surface area (Å²) in [5.74, 6) is 1.77. The van der Waals surface area contributed by atoms with E-state index in [4.69, 9.17) is 13.9 Å². The Kier molecular flexibility index (Phi) is 3.15. The fraction of sp³-hybridized carbons (Fsp3) is 0.200. The topological polar surface area (TPSA) is 31.6 Å². The zero-order valence-electron chi connectivity index (χ0n) is 13.5. The van der Waals surface area contributed by atoms with E-state index in [9.17, 15) is 0 Å². The first-order valence-corrected chi connectivity index (χ1v) is 7.69. The quantitative estimate of drug-likeness (QED) is 0.676. The predicted molar refractivity (Wildman–Crippen MR) is 91.3 cm³/mol. The summed E-state index contributed by atoms with van der Waals surface area (Å²) in [6, 6.07) is 10.2. The van der Waals surface area contributed by atoms with Crippen LogP contribution in [0.15, 0.2) is 47.1 Å². The number of hydrogen-bond acceptors (Lipinski definition) is 3. The minimum absolute atomic E-state index is 0.548. The Labute approximate surface area is 135 Å². The van der Waals surface area contributed by atoms with Crippen molar-refractivity contribution < 1.29 is 13.9 Å². The highest BCUT2D eigenvalue weighted by Crippen LogP contribution is 2.43. The molecule has 0 radical (unpaired) electrons. The normalized spacial score (nSPS) is 13.4. The molecule has 23 heavy (non-hydrogen) atoms. The lowest BCUT2D eigenvalue weighted by Gasteiger charge is -2.22. The van der Waals surface area contributed by atoms with Gasteiger partial charge in [0.05, 0.1) is 13.4 Å². The number of aryl methyl sites for hydroxylation is 2. The van der Waals surface area contributed by atoms with Gasteiger partial charge in [-0.15, -0.1) is 0 Å². The van der Waals surface area contributed by atoms with E-state index in [-0.39, 0.29) is 0 Å². The van der Waals surface area contributed by atoms with E-state index in [2.05, 4.69) is 32.1 Å². The van der Waals surface area contributed by atoms with Gasteiger partial charge in [0.1, 0.15) is 23.7 Å². The molecule has 0 atom stereocenters. The van der Waals surface area contributed by atoms with Crippen LogP contribution in [-0.2, 0) is 0 Å². The van der Waals surface area contributed by atoms with E-state index < -0.39 is 0 Å². The van der Waals surface area contributed by atoms with Crippen LogP contribution in [-0.4, -0.2) is 13.7 Å². The van der Waals surface area contributed by atoms with Crippen LogP contribution in [0.5, 0.6) is 11.5 Å². The molecule has 3 aromatic rings. The molecule has 0 unspecified atom stereocenters. The highest BCUT2D eigenvalue weighted by Gasteiger charge is 2.23. The molecule has 0 saturated carbocycles. The third kappa shape index (κ3) is 2.04. The summed E-state index contributed by atoms with van der Waals surface area (Å²) in [6.45, 7) is 4.66. The molecule has 3 heteroatoms. The first kappa shape index (κ1) is 13.9. The molecule has 1 aliphatic heterocycles. The highest BCUT2D eigenvalue weighted by molar-refractivity contribution is 5.95. The van der Waals surface area contributed by atoms with Gasteiger partial charge in [-0.25, -0.2) is 0 Å². The van der Waals surface area contributed by atoms with Gasteiger partial charge < -0.3 is 13.9 Å². The van der Waals surface area contributed by atoms with Gasteiger partial charge in [0.15, 0.2) is 0 Å². The molecule has 2 aromatic carbocycles. The van der Waals surface area contributed by atoms with Crippen LogP contribution in [0.1, 0.15) is 22.3 Å². The average molecular weight is 306 g/mol. The van der Waals surface area contributed by atoms with E-state index in [1.165, 1.54) is 0 Å². The summed E-state index contributed by atoms with van der Waals surface area (Å²) in [6.07, 6.45) is 3.91. The number of benzene rings is 2. The lowest BCUT2D eigenvalue weighted by molar-refractivity contribution is 0.354. The molecule has 0 N–H and O–H groups in total. The van der Waals surface area contributed by atoms with Gasteiger partial charge in [-0.3, -0.25) is 0 Å². The number of ether oxygens (including phenoxy) is 2. The van der Waals surface area contributed by atoms with Crippen molar-refractivity contribution in [1.29, 1.82) is 0 Å². The zero-order chi connectivity index (χ0) is 16.0. The summed E-state index contributed by atoms with van der Waals surface area (Å²) in [7, 11) is 1.70. The smallest absolute Gasteiger partial charge is 0.140 e. The number of methoxy groups -OCH3 is 1. The van der Waals surface area contributed by atoms with Crippen molar-refractivity contribution in [2.75, 3.05) is 13.7 Å². The Morgan fingerprint density at radius 1 is 1.09 bits per heavy atom. The minimum Gasteiger partial charge on any atom is -0.496 e. The first-order chi connectivity index (χ1) is 11.2. The molecule has 0 spiro atoms. The second-order valence-electron chi connectivity index (χ2n) is 5.80. The maximum absolute atomic E-state index is 5.92. The molecule has 116 valence electrons. The Morgan fingerprint density at radius 2 is 1.91 bits per heavy atom. The van der Waals surface area contributed by atoms with Gasteiger partial charge in [0.25, 0.3) is 0 Å². The van der Waals surface area contributed by atoms with Crippen LogP contribution in [0.25, 0.3) is 16.5 Å². The maximum Gasteiger partial charge on any atom is 0.140 e. The molecule has 4 rings (SSSR count). The maximum atomic E-state index is 5.92. The lowest BCUT2D eigenvalue weighted by Crippen LogP contribution is -2.08. The third-order valence-corrected chi connectivity index (χ3v) is 4.44. The Bertz CT molecular complexity index is 931. The summed E-state index contributed by atoms with van der Waals surface area (Å²) < 4.78 is 17.2. The molecule has 1 aromatic heterocycles. The van der Waals surface area contributed by atoms with Gasteiger partial charge in [-0.2, -0.15) is 0 Å². The van der Waals surface area contributed by atoms with E-state index in [0.29, 0.717) is 6.61 Å². The predicted octanol–water partition coefficient (Wildman–Crippen LogP) is 4.88. The van der Waals surface area contributed by atoms with E-state index in [1.807, 2.05) is 18.2 Å². The second kappa shape index (κ2) is 5.20. The van der Waals surface area contributed by atoms with E-state index in [1.54, 1.807) is 13.4 Å². The van der Waals surface area contributed by atoms with Gasteiger partial charge in [0.2, 0.25) is 0 Å². The summed E-state index contributed by atoms with van der Waals surface area (Å²) in [5.41, 5.74) is 6.41. The van der Waals surface area contributed by atoms with Crippen molar-refractivity contribution in [2.45, 2.75) is 13.8 Å². The van der Waals surface area contributed by atoms with Crippen molar-refractivity contribution in [3.05, 3.63) is 64.9 Å². The van der Waals surface area contributed by atoms with Crippen molar-refractivity contribution >= 4 is 16.5 Å². The Balaban J connectivity index is 2.00. The zero-order valence-corrected chi connectivity index (χ0v) is 13.5. The molecule has 0 saturated heterocycles. The minimum atomic E-state index is 0.548. The Hall–Kier alpha value is -2.68. The van der Waals surface area contributed by atoms with Crippen LogP contribution in [0.2, 0.25) is 0 Å². The largest absolute Gasteiger partial charge is 0.496 e. The van der Waals surface area contributed by atoms with Gasteiger partial charge in [0, 0.05) is 22.1 Å². The number of furan rings is 1. The SMILES string of the molecule is COc1ccccc1C1=CCOc2c1cc1c(C)coc1c2C. The molecule has 2 heterocycles. The number of rotatable bonds is 2. The van der Waals surface area contributed by atoms with Crippen molar-refractivity contribution in [3.63, 3.8) is 0 Å². The standard InChI is InChI=1S/C20H18O3/c1-12-11-23-19-13(2)20-17(10-16(12)19)14(8-9-22-20)15-6-4-5-7-18(15)21-3/h4-8,10-11H,9H2,1-3H3. The average Bonchev–Trinajstić information content (AvgIpc) is 2.96. The van der Waals surface area contributed by atoms with Crippen molar-refractivity contribution in [3.8, 4) is 11.5 Å². The van der Waals surface area contributed by atoms with E-state index in [0.717, 1.165) is 50.3 Å². The monoisotopic (exact) mass is 306 g/mol. The molecule has 0 bridgehead atoms. The van der Waals surface area contributed by atoms with Gasteiger partial charge in [-0.05, 0) is 43.2 Å². The molecular formula is C20H18O3. The van der Waals surface area contributed by atoms with Crippen molar-refractivity contribution in [1.82, 2.24) is 0 Å². The molecular weight excluding hydrogens is 288 g/mol. The van der Waals surface area contributed by atoms with Gasteiger partial charge in [-0.1, -0.05) is 18.2 Å². The number of fused-ring (bicyclic) bond motifs is 2. The van der Waals surface area contributed by atoms with Gasteiger partial charge >= 0.3 is 0 Å². The second-order valence-corrected chi connectivity index (χ2v) is 5.80. The fourth-order valence-electron chi connectivity index (χ4n) is 3.26. The first-order valence-electron chi connectivity index (χ1n) is 7.69. The summed E-state index contributed by atoms with van der Waals surface area (Å²) in [5, 5.41) is 1.13. The highest BCUT2D eigenvalue weighted by atomic mass is 16.5. The van der Waals surface area contributed by atoms with Crippen LogP contribution in [0.4, 0.5) is 0 Å². The van der Waals surface area contributed by atoms with Crippen LogP contribution >= 0.6 is 0 Å². The molecule has 0 fully saturated rings. The fourth-order valence-corrected chi connectivity index (χ4v) is 3.26. The van der Waals surface area contributed by atoms with Crippen molar-refractivity contribution in [2.24, 2.45) is 0 Å². The molecule has 1 aliphatic rings. The summed E-state index contributed by atoms with van der Waals surface area (Å²) in [4.78, 5) is 0. The number of para-hydroxylation sites is 1. The summed E-state index contributed by atoms with van der Waals surface area (Å²) >= 11 is 0. The van der Waals surface area contributed by atoms with Crippen LogP contribution in [0.3, 0.4) is 0 Å². The number of hydrogen-bond donors (Lipinski definition) is 0. The van der Waals surface area contributed by atoms with Crippen LogP contribution in [0, 0.1) is 13.8 Å². The van der Waals surface area contributed by atoms with Crippen LogP contribution < -0.4 is 9.47 Å². The third-order valence-electron chi connectivity index (χ3n) is 4.44. The van der Waals surface area contributed by atoms with E-state index >= 15 is 0 Å². The molecule has 3 nitrogen and oxygen atoms in total. The molecule has 0 aliphatic carbocycles. The molecule has 0 amide bonds.